The maximum absolute atomic E-state index is 12.5. The van der Waals surface area contributed by atoms with Crippen molar-refractivity contribution in [2.75, 3.05) is 0 Å². The molecule has 0 aromatic heterocycles. The lowest BCUT2D eigenvalue weighted by molar-refractivity contribution is -0.141. The molecule has 0 amide bonds. The van der Waals surface area contributed by atoms with E-state index in [0.717, 1.165) is 31.3 Å². The largest absolute Gasteiger partial charge is 0.302 e. The number of allylic oxidation sites excluding steroid dienone is 1. The van der Waals surface area contributed by atoms with Gasteiger partial charge < -0.3 is 4.79 Å². The fraction of sp³-hybridized carbons (Fsp3) is 0.762. The second-order valence-electron chi connectivity index (χ2n) is 9.15. The smallest absolute Gasteiger partial charge is 0.156 e. The zero-order valence-corrected chi connectivity index (χ0v) is 15.0. The number of fused-ring (bicyclic) bond motifs is 5. The summed E-state index contributed by atoms with van der Waals surface area (Å²) in [5.74, 6) is 2.14. The van der Waals surface area contributed by atoms with Crippen LogP contribution in [0.25, 0.3) is 0 Å². The Morgan fingerprint density at radius 2 is 1.92 bits per heavy atom. The highest BCUT2D eigenvalue weighted by Crippen LogP contribution is 2.66. The van der Waals surface area contributed by atoms with E-state index in [1.807, 2.05) is 0 Å². The van der Waals surface area contributed by atoms with Gasteiger partial charge in [0.15, 0.2) is 5.78 Å². The number of rotatable bonds is 1. The number of carbonyl (C=O) groups excluding carboxylic acids is 3. The normalized spacial score (nSPS) is 50.6. The molecule has 0 spiro atoms. The van der Waals surface area contributed by atoms with Crippen LogP contribution < -0.4 is 0 Å². The molecule has 3 nitrogen and oxygen atoms in total. The van der Waals surface area contributed by atoms with Gasteiger partial charge in [-0.3, -0.25) is 9.59 Å². The van der Waals surface area contributed by atoms with Gasteiger partial charge in [-0.25, -0.2) is 0 Å². The summed E-state index contributed by atoms with van der Waals surface area (Å²) in [6.07, 6.45) is 8.05. The highest BCUT2D eigenvalue weighted by molar-refractivity contribution is 5.94. The summed E-state index contributed by atoms with van der Waals surface area (Å²) in [5, 5.41) is 0. The zero-order valence-electron chi connectivity index (χ0n) is 15.0. The third-order valence-corrected chi connectivity index (χ3v) is 8.25. The third-order valence-electron chi connectivity index (χ3n) is 8.25. The molecule has 0 aromatic carbocycles. The topological polar surface area (TPSA) is 51.2 Å². The molecule has 0 aromatic rings. The van der Waals surface area contributed by atoms with Crippen molar-refractivity contribution in [3.8, 4) is 0 Å². The molecule has 3 saturated carbocycles. The fourth-order valence-corrected chi connectivity index (χ4v) is 7.05. The van der Waals surface area contributed by atoms with E-state index in [4.69, 9.17) is 0 Å². The van der Waals surface area contributed by atoms with E-state index in [1.165, 1.54) is 6.29 Å². The minimum atomic E-state index is -0.469. The fourth-order valence-electron chi connectivity index (χ4n) is 7.05. The number of carbonyl (C=O) groups is 3. The molecule has 0 radical (unpaired) electrons. The first-order valence-electron chi connectivity index (χ1n) is 9.59. The van der Waals surface area contributed by atoms with Gasteiger partial charge in [-0.2, -0.15) is 0 Å². The second kappa shape index (κ2) is 5.12. The van der Waals surface area contributed by atoms with Crippen LogP contribution in [0.2, 0.25) is 0 Å². The van der Waals surface area contributed by atoms with Crippen LogP contribution in [0.5, 0.6) is 0 Å². The maximum atomic E-state index is 12.5. The molecule has 3 fully saturated rings. The first-order valence-corrected chi connectivity index (χ1v) is 9.59. The number of ketones is 2. The lowest BCUT2D eigenvalue weighted by atomic mass is 9.43. The van der Waals surface area contributed by atoms with Crippen molar-refractivity contribution in [1.82, 2.24) is 0 Å². The quantitative estimate of drug-likeness (QED) is 0.689. The van der Waals surface area contributed by atoms with E-state index in [1.54, 1.807) is 6.08 Å². The Bertz CT molecular complexity index is 647. The Hall–Kier alpha value is -1.25. The van der Waals surface area contributed by atoms with Crippen molar-refractivity contribution >= 4 is 17.9 Å². The van der Waals surface area contributed by atoms with Crippen LogP contribution in [-0.2, 0) is 14.4 Å². The van der Waals surface area contributed by atoms with Crippen LogP contribution in [-0.4, -0.2) is 17.9 Å². The van der Waals surface area contributed by atoms with E-state index in [-0.39, 0.29) is 23.0 Å². The lowest BCUT2D eigenvalue weighted by Crippen LogP contribution is -2.56. The SMILES string of the molecule is C[C@@H]1CC(=O)C=C2[C@@H](C)C[C@@H]3[C@H](CC[C@]4(C)C(=O)CC[C@@H]34)[C@]21C=O. The molecule has 4 rings (SSSR count). The molecule has 0 saturated heterocycles. The van der Waals surface area contributed by atoms with Crippen molar-refractivity contribution in [2.45, 2.75) is 59.3 Å². The molecule has 7 atom stereocenters. The van der Waals surface area contributed by atoms with Crippen LogP contribution in [0, 0.1) is 40.4 Å². The van der Waals surface area contributed by atoms with Crippen LogP contribution in [0.3, 0.4) is 0 Å². The van der Waals surface area contributed by atoms with E-state index >= 15 is 0 Å². The van der Waals surface area contributed by atoms with Crippen molar-refractivity contribution in [3.05, 3.63) is 11.6 Å². The monoisotopic (exact) mass is 328 g/mol. The van der Waals surface area contributed by atoms with Gasteiger partial charge in [-0.15, -0.1) is 0 Å². The summed E-state index contributed by atoms with van der Waals surface area (Å²) in [5.41, 5.74) is 0.457. The highest BCUT2D eigenvalue weighted by atomic mass is 16.1. The molecule has 0 N–H and O–H groups in total. The summed E-state index contributed by atoms with van der Waals surface area (Å²) in [6, 6.07) is 0. The van der Waals surface area contributed by atoms with Crippen molar-refractivity contribution < 1.29 is 14.4 Å². The standard InChI is InChI=1S/C21H28O3/c1-12-8-15-16-4-5-19(24)20(16,3)7-6-17(15)21(11-22)13(2)9-14(23)10-18(12)21/h10-13,15-17H,4-9H2,1-3H3/t12-,13+,15-,16-,17-,20-,21+/m0/s1. The van der Waals surface area contributed by atoms with Crippen LogP contribution in [0.1, 0.15) is 59.3 Å². The Morgan fingerprint density at radius 1 is 1.17 bits per heavy atom. The molecule has 0 unspecified atom stereocenters. The summed E-state index contributed by atoms with van der Waals surface area (Å²) >= 11 is 0. The molecule has 0 bridgehead atoms. The number of hydrogen-bond donors (Lipinski definition) is 0. The Labute approximate surface area is 144 Å². The molecular weight excluding hydrogens is 300 g/mol. The Kier molecular flexibility index (Phi) is 3.47. The molecule has 130 valence electrons. The predicted molar refractivity (Wildman–Crippen MR) is 91.2 cm³/mol. The van der Waals surface area contributed by atoms with E-state index in [2.05, 4.69) is 20.8 Å². The zero-order chi connectivity index (χ0) is 17.3. The summed E-state index contributed by atoms with van der Waals surface area (Å²) < 4.78 is 0. The minimum Gasteiger partial charge on any atom is -0.302 e. The number of hydrogen-bond acceptors (Lipinski definition) is 3. The van der Waals surface area contributed by atoms with E-state index < -0.39 is 5.41 Å². The van der Waals surface area contributed by atoms with Crippen molar-refractivity contribution in [2.24, 2.45) is 40.4 Å². The molecule has 3 heteroatoms. The second-order valence-corrected chi connectivity index (χ2v) is 9.15. The molecule has 4 aliphatic carbocycles. The minimum absolute atomic E-state index is 0.0826. The Balaban J connectivity index is 1.82. The molecule has 4 aliphatic rings. The van der Waals surface area contributed by atoms with Gasteiger partial charge in [0, 0.05) is 18.3 Å². The van der Waals surface area contributed by atoms with Gasteiger partial charge in [0.05, 0.1) is 5.41 Å². The molecule has 0 heterocycles. The van der Waals surface area contributed by atoms with E-state index in [0.29, 0.717) is 36.4 Å². The van der Waals surface area contributed by atoms with Crippen molar-refractivity contribution in [1.29, 1.82) is 0 Å². The Morgan fingerprint density at radius 3 is 2.62 bits per heavy atom. The lowest BCUT2D eigenvalue weighted by Gasteiger charge is -2.59. The predicted octanol–water partition coefficient (Wildman–Crippen LogP) is 3.76. The van der Waals surface area contributed by atoms with Gasteiger partial charge in [0.1, 0.15) is 12.1 Å². The summed E-state index contributed by atoms with van der Waals surface area (Å²) in [7, 11) is 0. The summed E-state index contributed by atoms with van der Waals surface area (Å²) in [4.78, 5) is 37.1. The van der Waals surface area contributed by atoms with Gasteiger partial charge in [0.2, 0.25) is 0 Å². The average molecular weight is 328 g/mol. The molecule has 24 heavy (non-hydrogen) atoms. The number of aldehydes is 1. The van der Waals surface area contributed by atoms with Crippen LogP contribution in [0.15, 0.2) is 11.6 Å². The molecular formula is C21H28O3. The third kappa shape index (κ3) is 1.82. The maximum Gasteiger partial charge on any atom is 0.156 e. The average Bonchev–Trinajstić information content (AvgIpc) is 2.84. The highest BCUT2D eigenvalue weighted by Gasteiger charge is 2.63. The van der Waals surface area contributed by atoms with Gasteiger partial charge >= 0.3 is 0 Å². The summed E-state index contributed by atoms with van der Waals surface area (Å²) in [6.45, 7) is 6.43. The van der Waals surface area contributed by atoms with Gasteiger partial charge in [-0.05, 0) is 61.3 Å². The number of Topliss-reactive ketones (excluding diaryl/α,β-unsaturated/α-hetero) is 1. The van der Waals surface area contributed by atoms with E-state index in [9.17, 15) is 14.4 Å². The molecule has 0 aliphatic heterocycles. The van der Waals surface area contributed by atoms with Gasteiger partial charge in [0.25, 0.3) is 0 Å². The van der Waals surface area contributed by atoms with Gasteiger partial charge in [-0.1, -0.05) is 26.3 Å². The first-order chi connectivity index (χ1) is 11.3. The van der Waals surface area contributed by atoms with Crippen molar-refractivity contribution in [3.63, 3.8) is 0 Å². The van der Waals surface area contributed by atoms with Crippen LogP contribution >= 0.6 is 0 Å². The van der Waals surface area contributed by atoms with Crippen LogP contribution in [0.4, 0.5) is 0 Å². The first kappa shape index (κ1) is 16.2.